The van der Waals surface area contributed by atoms with Crippen molar-refractivity contribution >= 4 is 0 Å². The van der Waals surface area contributed by atoms with Crippen molar-refractivity contribution in [1.82, 2.24) is 9.80 Å². The summed E-state index contributed by atoms with van der Waals surface area (Å²) in [5.41, 5.74) is 2.64. The van der Waals surface area contributed by atoms with Crippen molar-refractivity contribution in [2.75, 3.05) is 60.7 Å². The Labute approximate surface area is 229 Å². The van der Waals surface area contributed by atoms with Crippen LogP contribution in [0, 0.1) is 0 Å². The van der Waals surface area contributed by atoms with Gasteiger partial charge < -0.3 is 29.0 Å². The molecule has 1 aliphatic rings. The first-order chi connectivity index (χ1) is 17.9. The van der Waals surface area contributed by atoms with E-state index in [-0.39, 0.29) is 10.8 Å². The number of hydrogen-bond donors (Lipinski definition) is 1. The highest BCUT2D eigenvalue weighted by Gasteiger charge is 2.27. The van der Waals surface area contributed by atoms with E-state index in [2.05, 4.69) is 57.4 Å². The van der Waals surface area contributed by atoms with Gasteiger partial charge >= 0.3 is 0 Å². The lowest BCUT2D eigenvalue weighted by atomic mass is 9.79. The van der Waals surface area contributed by atoms with Crippen LogP contribution < -0.4 is 18.9 Å². The fourth-order valence-electron chi connectivity index (χ4n) is 5.01. The van der Waals surface area contributed by atoms with Gasteiger partial charge in [0.25, 0.3) is 0 Å². The number of methoxy groups -OCH3 is 3. The quantitative estimate of drug-likeness (QED) is 0.403. The number of phenols is 1. The summed E-state index contributed by atoms with van der Waals surface area (Å²) in [6.45, 7) is 19.3. The Balaban J connectivity index is 1.52. The molecule has 2 aromatic rings. The Hall–Kier alpha value is -2.64. The van der Waals surface area contributed by atoms with Gasteiger partial charge in [-0.2, -0.15) is 0 Å². The zero-order chi connectivity index (χ0) is 28.1. The van der Waals surface area contributed by atoms with E-state index < -0.39 is 0 Å². The lowest BCUT2D eigenvalue weighted by Gasteiger charge is -2.35. The maximum absolute atomic E-state index is 10.9. The fourth-order valence-corrected chi connectivity index (χ4v) is 5.01. The van der Waals surface area contributed by atoms with Crippen LogP contribution in [-0.2, 0) is 17.4 Å². The molecule has 1 aliphatic heterocycles. The van der Waals surface area contributed by atoms with E-state index in [1.165, 1.54) is 0 Å². The third-order valence-corrected chi connectivity index (χ3v) is 7.23. The smallest absolute Gasteiger partial charge is 0.203 e. The monoisotopic (exact) mass is 528 g/mol. The molecule has 0 unspecified atom stereocenters. The number of aromatic hydroxyl groups is 1. The van der Waals surface area contributed by atoms with Crippen molar-refractivity contribution in [3.8, 4) is 28.7 Å². The van der Waals surface area contributed by atoms with E-state index in [1.54, 1.807) is 21.3 Å². The molecule has 0 bridgehead atoms. The third kappa shape index (κ3) is 7.26. The van der Waals surface area contributed by atoms with Gasteiger partial charge in [0, 0.05) is 56.0 Å². The molecule has 38 heavy (non-hydrogen) atoms. The maximum Gasteiger partial charge on any atom is 0.203 e. The second-order valence-electron chi connectivity index (χ2n) is 12.2. The predicted molar refractivity (Wildman–Crippen MR) is 153 cm³/mol. The van der Waals surface area contributed by atoms with Gasteiger partial charge in [0.15, 0.2) is 11.5 Å². The van der Waals surface area contributed by atoms with E-state index in [0.717, 1.165) is 73.9 Å². The molecule has 1 N–H and O–H groups in total. The average Bonchev–Trinajstić information content (AvgIpc) is 2.86. The molecule has 7 nitrogen and oxygen atoms in total. The van der Waals surface area contributed by atoms with Crippen molar-refractivity contribution in [3.05, 3.63) is 41.0 Å². The molecule has 3 rings (SSSR count). The van der Waals surface area contributed by atoms with Crippen LogP contribution in [0.15, 0.2) is 24.3 Å². The van der Waals surface area contributed by atoms with Crippen molar-refractivity contribution in [1.29, 1.82) is 0 Å². The number of rotatable bonds is 10. The Morgan fingerprint density at radius 2 is 1.32 bits per heavy atom. The Kier molecular flexibility index (Phi) is 9.82. The summed E-state index contributed by atoms with van der Waals surface area (Å²) >= 11 is 0. The largest absolute Gasteiger partial charge is 0.507 e. The number of hydrogen-bond acceptors (Lipinski definition) is 7. The number of nitrogens with zero attached hydrogens (tertiary/aromatic N) is 2. The molecule has 0 amide bonds. The van der Waals surface area contributed by atoms with E-state index in [0.29, 0.717) is 23.9 Å². The van der Waals surface area contributed by atoms with E-state index in [4.69, 9.17) is 18.9 Å². The van der Waals surface area contributed by atoms with Crippen LogP contribution in [0.2, 0.25) is 0 Å². The second kappa shape index (κ2) is 12.5. The normalized spacial score (nSPS) is 15.4. The molecule has 0 spiro atoms. The molecule has 2 aromatic carbocycles. The molecule has 0 atom stereocenters. The van der Waals surface area contributed by atoms with Gasteiger partial charge in [-0.25, -0.2) is 0 Å². The number of phenolic OH excluding ortho intramolecular Hbond substituents is 1. The minimum absolute atomic E-state index is 0.163. The summed E-state index contributed by atoms with van der Waals surface area (Å²) < 4.78 is 22.8. The Morgan fingerprint density at radius 1 is 0.763 bits per heavy atom. The molecular formula is C31H48N2O5. The van der Waals surface area contributed by atoms with Gasteiger partial charge in [0.1, 0.15) is 11.5 Å². The second-order valence-corrected chi connectivity index (χ2v) is 12.2. The van der Waals surface area contributed by atoms with Crippen molar-refractivity contribution in [2.45, 2.75) is 65.3 Å². The average molecular weight is 529 g/mol. The number of benzene rings is 2. The zero-order valence-electron chi connectivity index (χ0n) is 24.9. The molecule has 1 heterocycles. The van der Waals surface area contributed by atoms with Crippen LogP contribution in [0.3, 0.4) is 0 Å². The van der Waals surface area contributed by atoms with Gasteiger partial charge in [-0.15, -0.1) is 0 Å². The summed E-state index contributed by atoms with van der Waals surface area (Å²) in [4.78, 5) is 4.96. The summed E-state index contributed by atoms with van der Waals surface area (Å²) in [5.74, 6) is 3.29. The first-order valence-electron chi connectivity index (χ1n) is 13.6. The third-order valence-electron chi connectivity index (χ3n) is 7.23. The molecule has 1 saturated heterocycles. The first kappa shape index (κ1) is 29.9. The van der Waals surface area contributed by atoms with Gasteiger partial charge in [-0.3, -0.25) is 4.90 Å². The summed E-state index contributed by atoms with van der Waals surface area (Å²) in [7, 11) is 4.95. The number of ether oxygens (including phenoxy) is 4. The van der Waals surface area contributed by atoms with E-state index in [9.17, 15) is 5.11 Å². The van der Waals surface area contributed by atoms with Crippen LogP contribution >= 0.6 is 0 Å². The fraction of sp³-hybridized carbons (Fsp3) is 0.613. The van der Waals surface area contributed by atoms with Crippen molar-refractivity contribution < 1.29 is 24.1 Å². The van der Waals surface area contributed by atoms with Gasteiger partial charge in [-0.05, 0) is 35.4 Å². The van der Waals surface area contributed by atoms with Crippen LogP contribution in [0.1, 0.15) is 64.7 Å². The Bertz CT molecular complexity index is 1030. The van der Waals surface area contributed by atoms with E-state index >= 15 is 0 Å². The molecule has 212 valence electrons. The summed E-state index contributed by atoms with van der Waals surface area (Å²) in [6.07, 6.45) is 0.958. The molecule has 1 fully saturated rings. The SMILES string of the molecule is COc1ccc(CN2CCN(CCCOc3cc(C(C)(C)C)c(O)c(C(C)(C)C)c3)CC2)c(OC)c1OC. The highest BCUT2D eigenvalue weighted by Crippen LogP contribution is 2.42. The molecule has 0 aromatic heterocycles. The van der Waals surface area contributed by atoms with Gasteiger partial charge in [0.05, 0.1) is 27.9 Å². The molecule has 7 heteroatoms. The highest BCUT2D eigenvalue weighted by molar-refractivity contribution is 5.56. The number of piperazine rings is 1. The van der Waals surface area contributed by atoms with Crippen LogP contribution in [-0.4, -0.2) is 75.6 Å². The first-order valence-corrected chi connectivity index (χ1v) is 13.6. The van der Waals surface area contributed by atoms with Crippen molar-refractivity contribution in [2.24, 2.45) is 0 Å². The Morgan fingerprint density at radius 3 is 1.82 bits per heavy atom. The van der Waals surface area contributed by atoms with Crippen LogP contribution in [0.25, 0.3) is 0 Å². The van der Waals surface area contributed by atoms with Gasteiger partial charge in [0.2, 0.25) is 5.75 Å². The van der Waals surface area contributed by atoms with Gasteiger partial charge in [-0.1, -0.05) is 47.6 Å². The topological polar surface area (TPSA) is 63.6 Å². The minimum Gasteiger partial charge on any atom is -0.507 e. The molecule has 0 saturated carbocycles. The molecule has 0 radical (unpaired) electrons. The predicted octanol–water partition coefficient (Wildman–Crippen LogP) is 5.60. The molecular weight excluding hydrogens is 480 g/mol. The lowest BCUT2D eigenvalue weighted by Crippen LogP contribution is -2.46. The van der Waals surface area contributed by atoms with Crippen LogP contribution in [0.4, 0.5) is 0 Å². The standard InChI is InChI=1S/C31H48N2O5/c1-30(2,3)24-19-23(20-25(27(24)34)31(4,5)6)38-18-10-13-32-14-16-33(17-15-32)21-22-11-12-26(35-7)29(37-9)28(22)36-8/h11-12,19-20,34H,10,13-18,21H2,1-9H3. The molecule has 0 aliphatic carbocycles. The lowest BCUT2D eigenvalue weighted by molar-refractivity contribution is 0.120. The maximum atomic E-state index is 10.9. The summed E-state index contributed by atoms with van der Waals surface area (Å²) in [6, 6.07) is 8.01. The minimum atomic E-state index is -0.163. The zero-order valence-corrected chi connectivity index (χ0v) is 24.9. The van der Waals surface area contributed by atoms with Crippen LogP contribution in [0.5, 0.6) is 28.7 Å². The van der Waals surface area contributed by atoms with Crippen molar-refractivity contribution in [3.63, 3.8) is 0 Å². The highest BCUT2D eigenvalue weighted by atomic mass is 16.5. The summed E-state index contributed by atoms with van der Waals surface area (Å²) in [5, 5.41) is 10.9. The van der Waals surface area contributed by atoms with E-state index in [1.807, 2.05) is 18.2 Å².